The Bertz CT molecular complexity index is 1510. The van der Waals surface area contributed by atoms with Gasteiger partial charge in [-0.1, -0.05) is 75.2 Å². The third-order valence-corrected chi connectivity index (χ3v) is 7.20. The smallest absolute Gasteiger partial charge is 0.283 e. The van der Waals surface area contributed by atoms with E-state index in [0.717, 1.165) is 33.3 Å². The zero-order valence-electron chi connectivity index (χ0n) is 22.2. The van der Waals surface area contributed by atoms with E-state index in [2.05, 4.69) is 38.3 Å². The van der Waals surface area contributed by atoms with Gasteiger partial charge in [-0.15, -0.1) is 0 Å². The minimum absolute atomic E-state index is 0.0842. The summed E-state index contributed by atoms with van der Waals surface area (Å²) in [7, 11) is 0. The van der Waals surface area contributed by atoms with E-state index in [9.17, 15) is 18.8 Å². The molecule has 0 saturated heterocycles. The summed E-state index contributed by atoms with van der Waals surface area (Å²) in [6, 6.07) is 14.5. The number of nitrogens with zero attached hydrogens (tertiary/aromatic N) is 1. The summed E-state index contributed by atoms with van der Waals surface area (Å²) in [4.78, 5) is 40.2. The molecule has 1 heterocycles. The highest BCUT2D eigenvalue weighted by Crippen LogP contribution is 2.35. The van der Waals surface area contributed by atoms with E-state index in [1.54, 1.807) is 25.1 Å². The molecule has 1 aliphatic rings. The maximum Gasteiger partial charge on any atom is 0.283 e. The van der Waals surface area contributed by atoms with E-state index < -0.39 is 17.6 Å². The van der Waals surface area contributed by atoms with Crippen LogP contribution in [0.15, 0.2) is 65.3 Å². The molecule has 1 aliphatic heterocycles. The summed E-state index contributed by atoms with van der Waals surface area (Å²) in [6.07, 6.45) is 0. The van der Waals surface area contributed by atoms with Gasteiger partial charge in [-0.3, -0.25) is 14.4 Å². The average molecular weight is 568 g/mol. The number of aryl methyl sites for hydroxylation is 1. The van der Waals surface area contributed by atoms with Crippen molar-refractivity contribution in [2.24, 2.45) is 0 Å². The Balaban J connectivity index is 1.63. The van der Waals surface area contributed by atoms with Gasteiger partial charge < -0.3 is 10.6 Å². The van der Waals surface area contributed by atoms with E-state index in [-0.39, 0.29) is 39.2 Å². The molecule has 3 aromatic carbocycles. The van der Waals surface area contributed by atoms with Crippen LogP contribution in [0, 0.1) is 12.7 Å². The summed E-state index contributed by atoms with van der Waals surface area (Å²) < 4.78 is 13.6. The lowest BCUT2D eigenvalue weighted by Crippen LogP contribution is -2.32. The van der Waals surface area contributed by atoms with E-state index in [4.69, 9.17) is 23.2 Å². The predicted octanol–water partition coefficient (Wildman–Crippen LogP) is 7.72. The van der Waals surface area contributed by atoms with Gasteiger partial charge in [-0.25, -0.2) is 9.29 Å². The zero-order valence-corrected chi connectivity index (χ0v) is 23.7. The van der Waals surface area contributed by atoms with Crippen LogP contribution in [0.2, 0.25) is 5.02 Å². The van der Waals surface area contributed by atoms with Gasteiger partial charge in [0.25, 0.3) is 17.7 Å². The molecule has 3 amide bonds. The third kappa shape index (κ3) is 5.56. The van der Waals surface area contributed by atoms with E-state index in [0.29, 0.717) is 11.3 Å². The predicted molar refractivity (Wildman–Crippen MR) is 154 cm³/mol. The van der Waals surface area contributed by atoms with Crippen molar-refractivity contribution in [1.29, 1.82) is 0 Å². The number of imide groups is 1. The first-order chi connectivity index (χ1) is 18.4. The lowest BCUT2D eigenvalue weighted by Gasteiger charge is -2.20. The summed E-state index contributed by atoms with van der Waals surface area (Å²) in [5.41, 5.74) is 4.29. The Morgan fingerprint density at radius 1 is 0.897 bits per heavy atom. The van der Waals surface area contributed by atoms with Gasteiger partial charge >= 0.3 is 0 Å². The first-order valence-corrected chi connectivity index (χ1v) is 13.2. The summed E-state index contributed by atoms with van der Waals surface area (Å²) in [5.74, 6) is -2.09. The van der Waals surface area contributed by atoms with Crippen LogP contribution in [0.1, 0.15) is 66.6 Å². The van der Waals surface area contributed by atoms with Crippen LogP contribution in [0.3, 0.4) is 0 Å². The van der Waals surface area contributed by atoms with Gasteiger partial charge in [0, 0.05) is 16.9 Å². The molecule has 0 bridgehead atoms. The first-order valence-electron chi connectivity index (χ1n) is 12.5. The quantitative estimate of drug-likeness (QED) is 0.286. The monoisotopic (exact) mass is 567 g/mol. The van der Waals surface area contributed by atoms with Gasteiger partial charge in [0.15, 0.2) is 0 Å². The van der Waals surface area contributed by atoms with Gasteiger partial charge in [0.2, 0.25) is 0 Å². The number of carbonyl (C=O) groups is 3. The molecule has 2 N–H and O–H groups in total. The van der Waals surface area contributed by atoms with Crippen molar-refractivity contribution >= 4 is 58.0 Å². The molecule has 0 aliphatic carbocycles. The van der Waals surface area contributed by atoms with Crippen LogP contribution in [0.25, 0.3) is 0 Å². The molecule has 0 aromatic heterocycles. The zero-order chi connectivity index (χ0) is 28.6. The fourth-order valence-electron chi connectivity index (χ4n) is 4.38. The Labute approximate surface area is 236 Å². The number of carbonyl (C=O) groups excluding carboxylic acids is 3. The number of nitrogens with one attached hydrogen (secondary N) is 2. The number of hydrogen-bond donors (Lipinski definition) is 2. The Morgan fingerprint density at radius 3 is 2.13 bits per heavy atom. The van der Waals surface area contributed by atoms with Crippen LogP contribution in [0.5, 0.6) is 0 Å². The highest BCUT2D eigenvalue weighted by Gasteiger charge is 2.39. The largest absolute Gasteiger partial charge is 0.349 e. The Hall–Kier alpha value is -3.68. The molecule has 0 spiro atoms. The van der Waals surface area contributed by atoms with Crippen LogP contribution >= 0.6 is 23.2 Å². The number of rotatable bonds is 7. The Kier molecular flexibility index (Phi) is 8.14. The molecule has 0 fully saturated rings. The maximum absolute atomic E-state index is 13.6. The van der Waals surface area contributed by atoms with Gasteiger partial charge in [-0.05, 0) is 65.8 Å². The van der Waals surface area contributed by atoms with E-state index in [1.165, 1.54) is 12.1 Å². The van der Waals surface area contributed by atoms with Crippen molar-refractivity contribution in [3.8, 4) is 0 Å². The first kappa shape index (κ1) is 28.3. The molecule has 0 radical (unpaired) electrons. The van der Waals surface area contributed by atoms with Crippen molar-refractivity contribution < 1.29 is 18.8 Å². The number of hydrogen-bond acceptors (Lipinski definition) is 4. The van der Waals surface area contributed by atoms with E-state index in [1.807, 2.05) is 18.2 Å². The molecule has 9 heteroatoms. The SMILES string of the molecule is Cc1ccc(C(=O)Nc2c(C(C)C)cccc2C(C)C)cc1NC1=C(Cl)C(=O)N(c2ccc(F)c(Cl)c2)C1=O. The second-order valence-corrected chi connectivity index (χ2v) is 10.7. The highest BCUT2D eigenvalue weighted by molar-refractivity contribution is 6.53. The average Bonchev–Trinajstić information content (AvgIpc) is 3.09. The van der Waals surface area contributed by atoms with Crippen molar-refractivity contribution in [1.82, 2.24) is 0 Å². The van der Waals surface area contributed by atoms with Crippen molar-refractivity contribution in [3.05, 3.63) is 98.4 Å². The topological polar surface area (TPSA) is 78.5 Å². The fourth-order valence-corrected chi connectivity index (χ4v) is 4.77. The molecule has 6 nitrogen and oxygen atoms in total. The van der Waals surface area contributed by atoms with Crippen LogP contribution in [0.4, 0.5) is 21.5 Å². The second kappa shape index (κ2) is 11.2. The second-order valence-electron chi connectivity index (χ2n) is 9.96. The highest BCUT2D eigenvalue weighted by atomic mass is 35.5. The lowest BCUT2D eigenvalue weighted by molar-refractivity contribution is -0.120. The summed E-state index contributed by atoms with van der Waals surface area (Å²) in [6.45, 7) is 10.1. The molecular formula is C30H28Cl2FN3O3. The number of anilines is 3. The molecule has 3 aromatic rings. The van der Waals surface area contributed by atoms with Gasteiger partial charge in [0.05, 0.1) is 10.7 Å². The number of halogens is 3. The lowest BCUT2D eigenvalue weighted by atomic mass is 9.92. The van der Waals surface area contributed by atoms with Crippen LogP contribution in [-0.2, 0) is 9.59 Å². The number of para-hydroxylation sites is 1. The summed E-state index contributed by atoms with van der Waals surface area (Å²) in [5, 5.41) is 5.45. The molecule has 202 valence electrons. The minimum atomic E-state index is -0.773. The molecule has 4 rings (SSSR count). The van der Waals surface area contributed by atoms with Gasteiger partial charge in [-0.2, -0.15) is 0 Å². The molecule has 0 atom stereocenters. The molecule has 0 unspecified atom stereocenters. The van der Waals surface area contributed by atoms with Crippen LogP contribution < -0.4 is 15.5 Å². The third-order valence-electron chi connectivity index (χ3n) is 6.56. The Morgan fingerprint density at radius 2 is 1.54 bits per heavy atom. The van der Waals surface area contributed by atoms with Crippen molar-refractivity contribution in [2.75, 3.05) is 15.5 Å². The maximum atomic E-state index is 13.6. The van der Waals surface area contributed by atoms with Gasteiger partial charge in [0.1, 0.15) is 16.5 Å². The minimum Gasteiger partial charge on any atom is -0.349 e. The number of benzene rings is 3. The standard InChI is InChI=1S/C30H28Cl2FN3O3/c1-15(2)20-7-6-8-21(16(3)4)26(20)35-28(37)18-10-9-17(5)24(13-18)34-27-25(32)29(38)36(30(27)39)19-11-12-23(33)22(31)14-19/h6-16,34H,1-5H3,(H,35,37). The molecular weight excluding hydrogens is 540 g/mol. The number of amides is 3. The van der Waals surface area contributed by atoms with Crippen molar-refractivity contribution in [2.45, 2.75) is 46.5 Å². The van der Waals surface area contributed by atoms with Crippen molar-refractivity contribution in [3.63, 3.8) is 0 Å². The van der Waals surface area contributed by atoms with E-state index >= 15 is 0 Å². The van der Waals surface area contributed by atoms with Crippen LogP contribution in [-0.4, -0.2) is 17.7 Å². The molecule has 39 heavy (non-hydrogen) atoms. The molecule has 0 saturated carbocycles. The fraction of sp³-hybridized carbons (Fsp3) is 0.233. The summed E-state index contributed by atoms with van der Waals surface area (Å²) >= 11 is 12.1. The normalized spacial score (nSPS) is 13.6.